The van der Waals surface area contributed by atoms with Crippen LogP contribution in [0.5, 0.6) is 5.75 Å². The van der Waals surface area contributed by atoms with Crippen LogP contribution in [0.2, 0.25) is 0 Å². The van der Waals surface area contributed by atoms with E-state index in [1.807, 2.05) is 48.0 Å². The highest BCUT2D eigenvalue weighted by Gasteiger charge is 2.10. The Balaban J connectivity index is 0.00000220. The molecule has 4 nitrogen and oxygen atoms in total. The minimum atomic E-state index is -0.334. The number of methoxy groups -OCH3 is 1. The summed E-state index contributed by atoms with van der Waals surface area (Å²) in [6.45, 7) is 3.25. The molecule has 0 aliphatic rings. The number of halogens is 1. The first-order chi connectivity index (χ1) is 9.69. The molecule has 0 spiro atoms. The number of esters is 1. The molecule has 1 heterocycles. The van der Waals surface area contributed by atoms with Crippen molar-refractivity contribution in [1.82, 2.24) is 0 Å². The second-order valence-electron chi connectivity index (χ2n) is 4.48. The van der Waals surface area contributed by atoms with Gasteiger partial charge in [-0.15, -0.1) is 0 Å². The van der Waals surface area contributed by atoms with Crippen molar-refractivity contribution in [3.63, 3.8) is 0 Å². The molecule has 0 aliphatic heterocycles. The first kappa shape index (κ1) is 17.2. The fourth-order valence-corrected chi connectivity index (χ4v) is 1.80. The van der Waals surface area contributed by atoms with Crippen molar-refractivity contribution in [1.29, 1.82) is 0 Å². The lowest BCUT2D eigenvalue weighted by Gasteiger charge is -2.04. The molecule has 2 aromatic rings. The summed E-state index contributed by atoms with van der Waals surface area (Å²) in [5, 5.41) is 0. The number of hydrogen-bond donors (Lipinski definition) is 0. The van der Waals surface area contributed by atoms with Gasteiger partial charge in [-0.3, -0.25) is 0 Å². The van der Waals surface area contributed by atoms with Crippen molar-refractivity contribution in [2.75, 3.05) is 13.7 Å². The summed E-state index contributed by atoms with van der Waals surface area (Å²) in [4.78, 5) is 11.4. The molecule has 5 heteroatoms. The highest BCUT2D eigenvalue weighted by Crippen LogP contribution is 2.10. The van der Waals surface area contributed by atoms with Gasteiger partial charge in [-0.25, -0.2) is 9.36 Å². The van der Waals surface area contributed by atoms with Crippen LogP contribution >= 0.6 is 0 Å². The monoisotopic (exact) mass is 351 g/mol. The van der Waals surface area contributed by atoms with E-state index in [-0.39, 0.29) is 23.0 Å². The maximum atomic E-state index is 11.4. The Bertz CT molecular complexity index is 584. The summed E-state index contributed by atoms with van der Waals surface area (Å²) >= 11 is 0. The van der Waals surface area contributed by atoms with Crippen LogP contribution in [0.3, 0.4) is 0 Å². The molecule has 1 aromatic carbocycles. The quantitative estimate of drug-likeness (QED) is 0.520. The predicted octanol–water partition coefficient (Wildman–Crippen LogP) is -0.848. The van der Waals surface area contributed by atoms with Gasteiger partial charge in [0.2, 0.25) is 0 Å². The third-order valence-electron chi connectivity index (χ3n) is 2.92. The number of pyridine rings is 1. The molecule has 0 aliphatic carbocycles. The Hall–Kier alpha value is -1.88. The Morgan fingerprint density at radius 2 is 1.90 bits per heavy atom. The molecule has 2 rings (SSSR count). The SMILES string of the molecule is COC(=O)c1ccc[n+](CCOc2ccc(C)cc2)c1.[Br-]. The maximum absolute atomic E-state index is 11.4. The smallest absolute Gasteiger partial charge is 0.343 e. The van der Waals surface area contributed by atoms with Crippen LogP contribution < -0.4 is 26.3 Å². The van der Waals surface area contributed by atoms with Crippen molar-refractivity contribution in [3.8, 4) is 5.75 Å². The first-order valence-electron chi connectivity index (χ1n) is 6.46. The van der Waals surface area contributed by atoms with Gasteiger partial charge < -0.3 is 26.5 Å². The van der Waals surface area contributed by atoms with Crippen LogP contribution in [0, 0.1) is 6.92 Å². The number of nitrogens with zero attached hydrogens (tertiary/aromatic N) is 1. The van der Waals surface area contributed by atoms with Gasteiger partial charge in [-0.2, -0.15) is 0 Å². The summed E-state index contributed by atoms with van der Waals surface area (Å²) in [5.41, 5.74) is 1.74. The van der Waals surface area contributed by atoms with E-state index in [4.69, 9.17) is 9.47 Å². The molecule has 1 aromatic heterocycles. The summed E-state index contributed by atoms with van der Waals surface area (Å²) in [5.74, 6) is 0.513. The van der Waals surface area contributed by atoms with Crippen molar-refractivity contribution in [2.24, 2.45) is 0 Å². The summed E-state index contributed by atoms with van der Waals surface area (Å²) < 4.78 is 12.3. The highest BCUT2D eigenvalue weighted by molar-refractivity contribution is 5.88. The van der Waals surface area contributed by atoms with Crippen LogP contribution in [0.4, 0.5) is 0 Å². The van der Waals surface area contributed by atoms with Gasteiger partial charge in [0, 0.05) is 6.07 Å². The molecular weight excluding hydrogens is 334 g/mol. The highest BCUT2D eigenvalue weighted by atomic mass is 79.9. The summed E-state index contributed by atoms with van der Waals surface area (Å²) in [6.07, 6.45) is 3.65. The molecule has 0 unspecified atom stereocenters. The third kappa shape index (κ3) is 5.19. The average Bonchev–Trinajstić information content (AvgIpc) is 2.49. The molecule has 0 amide bonds. The zero-order valence-corrected chi connectivity index (χ0v) is 13.7. The number of ether oxygens (including phenoxy) is 2. The predicted molar refractivity (Wildman–Crippen MR) is 74.7 cm³/mol. The summed E-state index contributed by atoms with van der Waals surface area (Å²) in [7, 11) is 1.38. The maximum Gasteiger partial charge on any atom is 0.343 e. The number of rotatable bonds is 5. The van der Waals surface area contributed by atoms with E-state index in [2.05, 4.69) is 0 Å². The van der Waals surface area contributed by atoms with Gasteiger partial charge in [0.1, 0.15) is 17.9 Å². The minimum Gasteiger partial charge on any atom is -1.00 e. The van der Waals surface area contributed by atoms with Gasteiger partial charge in [0.25, 0.3) is 0 Å². The van der Waals surface area contributed by atoms with Gasteiger partial charge in [0.15, 0.2) is 18.9 Å². The molecule has 0 fully saturated rings. The largest absolute Gasteiger partial charge is 1.00 e. The lowest BCUT2D eigenvalue weighted by atomic mass is 10.2. The number of carbonyl (C=O) groups is 1. The molecule has 0 N–H and O–H groups in total. The van der Waals surface area contributed by atoms with Crippen LogP contribution in [0.1, 0.15) is 15.9 Å². The van der Waals surface area contributed by atoms with Crippen molar-refractivity contribution >= 4 is 5.97 Å². The Kier molecular flexibility index (Phi) is 6.88. The number of hydrogen-bond acceptors (Lipinski definition) is 3. The zero-order chi connectivity index (χ0) is 14.4. The number of benzene rings is 1. The van der Waals surface area contributed by atoms with Gasteiger partial charge in [-0.1, -0.05) is 17.7 Å². The molecule has 0 saturated carbocycles. The van der Waals surface area contributed by atoms with Gasteiger partial charge in [0.05, 0.1) is 7.11 Å². The van der Waals surface area contributed by atoms with E-state index in [1.165, 1.54) is 12.7 Å². The fraction of sp³-hybridized carbons (Fsp3) is 0.250. The van der Waals surface area contributed by atoms with Crippen LogP contribution in [-0.2, 0) is 11.3 Å². The molecule has 0 atom stereocenters. The van der Waals surface area contributed by atoms with Crippen molar-refractivity contribution in [2.45, 2.75) is 13.5 Å². The molecule has 21 heavy (non-hydrogen) atoms. The van der Waals surface area contributed by atoms with Gasteiger partial charge in [-0.05, 0) is 25.1 Å². The van der Waals surface area contributed by atoms with Gasteiger partial charge >= 0.3 is 5.97 Å². The zero-order valence-electron chi connectivity index (χ0n) is 12.1. The van der Waals surface area contributed by atoms with E-state index >= 15 is 0 Å². The van der Waals surface area contributed by atoms with Crippen molar-refractivity contribution < 1.29 is 35.8 Å². The average molecular weight is 352 g/mol. The van der Waals surface area contributed by atoms with Crippen LogP contribution in [0.25, 0.3) is 0 Å². The number of aromatic nitrogens is 1. The normalized spacial score (nSPS) is 9.62. The molecule has 0 radical (unpaired) electrons. The third-order valence-corrected chi connectivity index (χ3v) is 2.92. The van der Waals surface area contributed by atoms with E-state index in [1.54, 1.807) is 12.3 Å². The fourth-order valence-electron chi connectivity index (χ4n) is 1.80. The second kappa shape index (κ2) is 8.42. The molecule has 112 valence electrons. The lowest BCUT2D eigenvalue weighted by Crippen LogP contribution is -3.00. The van der Waals surface area contributed by atoms with Crippen LogP contribution in [-0.4, -0.2) is 19.7 Å². The molecular formula is C16H18BrNO3. The standard InChI is InChI=1S/C16H18NO3.BrH/c1-13-5-7-15(8-6-13)20-11-10-17-9-3-4-14(12-17)16(18)19-2;/h3-9,12H,10-11H2,1-2H3;1H/q+1;/p-1. The van der Waals surface area contributed by atoms with E-state index in [0.29, 0.717) is 18.7 Å². The van der Waals surface area contributed by atoms with Crippen LogP contribution in [0.15, 0.2) is 48.8 Å². The Labute approximate surface area is 135 Å². The van der Waals surface area contributed by atoms with E-state index in [0.717, 1.165) is 5.75 Å². The lowest BCUT2D eigenvalue weighted by molar-refractivity contribution is -0.697. The summed E-state index contributed by atoms with van der Waals surface area (Å²) in [6, 6.07) is 11.5. The number of aryl methyl sites for hydroxylation is 1. The molecule has 0 bridgehead atoms. The topological polar surface area (TPSA) is 39.4 Å². The van der Waals surface area contributed by atoms with Crippen molar-refractivity contribution in [3.05, 3.63) is 59.9 Å². The second-order valence-corrected chi connectivity index (χ2v) is 4.48. The minimum absolute atomic E-state index is 0. The number of carbonyl (C=O) groups excluding carboxylic acids is 1. The Morgan fingerprint density at radius 1 is 1.19 bits per heavy atom. The van der Waals surface area contributed by atoms with E-state index < -0.39 is 0 Å². The first-order valence-corrected chi connectivity index (χ1v) is 6.46. The van der Waals surface area contributed by atoms with E-state index in [9.17, 15) is 4.79 Å². The Morgan fingerprint density at radius 3 is 2.57 bits per heavy atom. The molecule has 0 saturated heterocycles.